The van der Waals surface area contributed by atoms with Gasteiger partial charge in [0.2, 0.25) is 5.91 Å². The number of fused-ring (bicyclic) bond motifs is 1. The standard InChI is InChI=1S/C20H18N2O2S/c23-19(22-11-3-6-14-5-1-2-7-15(14)22)20(9-10-20)18-13-16(24-21-18)17-8-4-12-25-17/h1-2,4-5,7-8,12-13H,3,6,9-11H2. The summed E-state index contributed by atoms with van der Waals surface area (Å²) in [5, 5.41) is 6.28. The van der Waals surface area contributed by atoms with Crippen LogP contribution >= 0.6 is 11.3 Å². The van der Waals surface area contributed by atoms with Crippen molar-refractivity contribution < 1.29 is 9.32 Å². The zero-order valence-corrected chi connectivity index (χ0v) is 14.6. The fourth-order valence-electron chi connectivity index (χ4n) is 3.74. The summed E-state index contributed by atoms with van der Waals surface area (Å²) in [5.74, 6) is 0.925. The van der Waals surface area contributed by atoms with Crippen LogP contribution in [0.3, 0.4) is 0 Å². The van der Waals surface area contributed by atoms with E-state index in [0.717, 1.165) is 54.2 Å². The van der Waals surface area contributed by atoms with E-state index in [2.05, 4.69) is 17.3 Å². The highest BCUT2D eigenvalue weighted by Crippen LogP contribution is 2.51. The van der Waals surface area contributed by atoms with E-state index >= 15 is 0 Å². The van der Waals surface area contributed by atoms with Gasteiger partial charge in [-0.25, -0.2) is 0 Å². The molecule has 0 radical (unpaired) electrons. The number of benzene rings is 1. The van der Waals surface area contributed by atoms with Crippen LogP contribution in [0.4, 0.5) is 5.69 Å². The van der Waals surface area contributed by atoms with E-state index in [1.807, 2.05) is 40.6 Å². The molecule has 0 unspecified atom stereocenters. The molecular weight excluding hydrogens is 332 g/mol. The quantitative estimate of drug-likeness (QED) is 0.703. The third-order valence-electron chi connectivity index (χ3n) is 5.28. The second-order valence-electron chi connectivity index (χ2n) is 6.82. The smallest absolute Gasteiger partial charge is 0.239 e. The summed E-state index contributed by atoms with van der Waals surface area (Å²) in [4.78, 5) is 16.4. The molecule has 0 saturated heterocycles. The monoisotopic (exact) mass is 350 g/mol. The second-order valence-corrected chi connectivity index (χ2v) is 7.77. The Morgan fingerprint density at radius 3 is 2.88 bits per heavy atom. The Morgan fingerprint density at radius 2 is 2.08 bits per heavy atom. The van der Waals surface area contributed by atoms with Crippen molar-refractivity contribution in [3.63, 3.8) is 0 Å². The minimum Gasteiger partial charge on any atom is -0.355 e. The summed E-state index contributed by atoms with van der Waals surface area (Å²) in [6.07, 6.45) is 3.75. The molecule has 25 heavy (non-hydrogen) atoms. The molecule has 3 aromatic rings. The summed E-state index contributed by atoms with van der Waals surface area (Å²) in [6.45, 7) is 0.785. The predicted octanol–water partition coefficient (Wildman–Crippen LogP) is 4.41. The van der Waals surface area contributed by atoms with E-state index in [-0.39, 0.29) is 5.91 Å². The molecule has 126 valence electrons. The van der Waals surface area contributed by atoms with E-state index in [1.165, 1.54) is 5.56 Å². The maximum absolute atomic E-state index is 13.4. The molecule has 1 aliphatic heterocycles. The minimum absolute atomic E-state index is 0.172. The zero-order valence-electron chi connectivity index (χ0n) is 13.8. The maximum atomic E-state index is 13.4. The highest BCUT2D eigenvalue weighted by molar-refractivity contribution is 7.13. The van der Waals surface area contributed by atoms with Crippen LogP contribution < -0.4 is 4.90 Å². The predicted molar refractivity (Wildman–Crippen MR) is 97.8 cm³/mol. The highest BCUT2D eigenvalue weighted by Gasteiger charge is 2.56. The fourth-order valence-corrected chi connectivity index (χ4v) is 4.42. The van der Waals surface area contributed by atoms with E-state index in [4.69, 9.17) is 4.52 Å². The number of amides is 1. The van der Waals surface area contributed by atoms with E-state index < -0.39 is 5.41 Å². The molecule has 0 bridgehead atoms. The van der Waals surface area contributed by atoms with Crippen molar-refractivity contribution in [2.45, 2.75) is 31.1 Å². The fraction of sp³-hybridized carbons (Fsp3) is 0.300. The van der Waals surface area contributed by atoms with Crippen LogP contribution in [0, 0.1) is 0 Å². The van der Waals surface area contributed by atoms with Gasteiger partial charge in [0.15, 0.2) is 5.76 Å². The normalized spacial score (nSPS) is 18.0. The van der Waals surface area contributed by atoms with E-state index in [1.54, 1.807) is 11.3 Å². The summed E-state index contributed by atoms with van der Waals surface area (Å²) in [7, 11) is 0. The molecule has 0 spiro atoms. The number of anilines is 1. The SMILES string of the molecule is O=C(N1CCCc2ccccc21)C1(c2cc(-c3cccs3)on2)CC1. The third kappa shape index (κ3) is 2.34. The van der Waals surface area contributed by atoms with Gasteiger partial charge in [-0.1, -0.05) is 29.4 Å². The number of rotatable bonds is 3. The van der Waals surface area contributed by atoms with E-state index in [9.17, 15) is 4.79 Å². The Balaban J connectivity index is 1.48. The lowest BCUT2D eigenvalue weighted by Crippen LogP contribution is -2.42. The molecule has 2 aliphatic rings. The number of hydrogen-bond acceptors (Lipinski definition) is 4. The lowest BCUT2D eigenvalue weighted by molar-refractivity contribution is -0.121. The zero-order chi connectivity index (χ0) is 16.9. The van der Waals surface area contributed by atoms with Gasteiger partial charge in [0.05, 0.1) is 16.0 Å². The first-order valence-electron chi connectivity index (χ1n) is 8.69. The Labute approximate surface area is 150 Å². The van der Waals surface area contributed by atoms with Crippen LogP contribution in [0.1, 0.15) is 30.5 Å². The molecule has 3 heterocycles. The largest absolute Gasteiger partial charge is 0.355 e. The van der Waals surface area contributed by atoms with Gasteiger partial charge in [0.1, 0.15) is 0 Å². The maximum Gasteiger partial charge on any atom is 0.239 e. The van der Waals surface area contributed by atoms with Gasteiger partial charge in [0.25, 0.3) is 0 Å². The van der Waals surface area contributed by atoms with Crippen molar-refractivity contribution in [2.75, 3.05) is 11.4 Å². The molecular formula is C20H18N2O2S. The Morgan fingerprint density at radius 1 is 1.20 bits per heavy atom. The molecule has 2 aromatic heterocycles. The Hall–Kier alpha value is -2.40. The van der Waals surface area contributed by atoms with Crippen LogP contribution in [-0.4, -0.2) is 17.6 Å². The number of nitrogens with zero attached hydrogens (tertiary/aromatic N) is 2. The topological polar surface area (TPSA) is 46.3 Å². The van der Waals surface area contributed by atoms with Crippen molar-refractivity contribution in [1.82, 2.24) is 5.16 Å². The molecule has 1 amide bonds. The van der Waals surface area contributed by atoms with Crippen molar-refractivity contribution in [3.05, 3.63) is 59.1 Å². The first-order chi connectivity index (χ1) is 12.3. The number of hydrogen-bond donors (Lipinski definition) is 0. The molecule has 5 rings (SSSR count). The van der Waals surface area contributed by atoms with Gasteiger partial charge >= 0.3 is 0 Å². The Kier molecular flexibility index (Phi) is 3.31. The molecule has 0 N–H and O–H groups in total. The molecule has 1 aliphatic carbocycles. The van der Waals surface area contributed by atoms with Gasteiger partial charge in [-0.05, 0) is 48.8 Å². The first-order valence-corrected chi connectivity index (χ1v) is 9.57. The van der Waals surface area contributed by atoms with Crippen LogP contribution in [0.2, 0.25) is 0 Å². The van der Waals surface area contributed by atoms with Gasteiger partial charge in [-0.15, -0.1) is 11.3 Å². The average molecular weight is 350 g/mol. The number of para-hydroxylation sites is 1. The lowest BCUT2D eigenvalue weighted by atomic mass is 9.96. The number of carbonyl (C=O) groups is 1. The molecule has 1 fully saturated rings. The highest BCUT2D eigenvalue weighted by atomic mass is 32.1. The molecule has 5 heteroatoms. The van der Waals surface area contributed by atoms with Gasteiger partial charge in [-0.2, -0.15) is 0 Å². The number of aromatic nitrogens is 1. The summed E-state index contributed by atoms with van der Waals surface area (Å²) < 4.78 is 5.53. The molecule has 4 nitrogen and oxygen atoms in total. The summed E-state index contributed by atoms with van der Waals surface area (Å²) in [6, 6.07) is 14.2. The van der Waals surface area contributed by atoms with Crippen molar-refractivity contribution in [1.29, 1.82) is 0 Å². The van der Waals surface area contributed by atoms with Crippen LogP contribution in [0.15, 0.2) is 52.4 Å². The van der Waals surface area contributed by atoms with Crippen molar-refractivity contribution in [3.8, 4) is 10.6 Å². The second kappa shape index (κ2) is 5.56. The van der Waals surface area contributed by atoms with Crippen LogP contribution in [0.25, 0.3) is 10.6 Å². The van der Waals surface area contributed by atoms with E-state index in [0.29, 0.717) is 0 Å². The molecule has 1 aromatic carbocycles. The van der Waals surface area contributed by atoms with Crippen LogP contribution in [0.5, 0.6) is 0 Å². The average Bonchev–Trinajstić information content (AvgIpc) is 3.08. The number of thiophene rings is 1. The summed E-state index contributed by atoms with van der Waals surface area (Å²) >= 11 is 1.62. The lowest BCUT2D eigenvalue weighted by Gasteiger charge is -2.32. The molecule has 0 atom stereocenters. The van der Waals surface area contributed by atoms with Gasteiger partial charge in [-0.3, -0.25) is 4.79 Å². The van der Waals surface area contributed by atoms with Crippen LogP contribution in [-0.2, 0) is 16.6 Å². The van der Waals surface area contributed by atoms with Gasteiger partial charge in [0, 0.05) is 18.3 Å². The Bertz CT molecular complexity index is 925. The van der Waals surface area contributed by atoms with Crippen molar-refractivity contribution in [2.24, 2.45) is 0 Å². The molecule has 1 saturated carbocycles. The van der Waals surface area contributed by atoms with Crippen molar-refractivity contribution >= 4 is 22.9 Å². The number of carbonyl (C=O) groups excluding carboxylic acids is 1. The third-order valence-corrected chi connectivity index (χ3v) is 6.16. The minimum atomic E-state index is -0.497. The van der Waals surface area contributed by atoms with Gasteiger partial charge < -0.3 is 9.42 Å². The summed E-state index contributed by atoms with van der Waals surface area (Å²) in [5.41, 5.74) is 2.61. The first kappa shape index (κ1) is 14.9. The number of aryl methyl sites for hydroxylation is 1.